The molecule has 1 aromatic carbocycles. The van der Waals surface area contributed by atoms with E-state index in [2.05, 4.69) is 4.90 Å². The molecule has 0 heterocycles. The number of carbonyl (C=O) groups is 1. The van der Waals surface area contributed by atoms with Crippen LogP contribution in [0.3, 0.4) is 0 Å². The molecular weight excluding hydrogens is 340 g/mol. The Morgan fingerprint density at radius 1 is 1.00 bits per heavy atom. The Bertz CT molecular complexity index is 620. The third-order valence-corrected chi connectivity index (χ3v) is 5.88. The fourth-order valence-electron chi connectivity index (χ4n) is 4.28. The molecule has 2 saturated carbocycles. The lowest BCUT2D eigenvalue weighted by molar-refractivity contribution is -0.384. The van der Waals surface area contributed by atoms with E-state index in [-0.39, 0.29) is 28.7 Å². The molecule has 0 atom stereocenters. The maximum atomic E-state index is 13.3. The summed E-state index contributed by atoms with van der Waals surface area (Å²) in [5.41, 5.74) is 0.187. The molecular formula is C19H25ClN2O3. The molecule has 2 aliphatic rings. The van der Waals surface area contributed by atoms with E-state index >= 15 is 0 Å². The van der Waals surface area contributed by atoms with E-state index in [1.54, 1.807) is 6.07 Å². The van der Waals surface area contributed by atoms with Gasteiger partial charge in [-0.15, -0.1) is 0 Å². The fraction of sp³-hybridized carbons (Fsp3) is 0.632. The van der Waals surface area contributed by atoms with Gasteiger partial charge >= 0.3 is 0 Å². The number of nitro groups is 1. The van der Waals surface area contributed by atoms with Gasteiger partial charge in [-0.05, 0) is 37.8 Å². The summed E-state index contributed by atoms with van der Waals surface area (Å²) < 4.78 is 0. The summed E-state index contributed by atoms with van der Waals surface area (Å²) in [4.78, 5) is 26.0. The molecule has 0 aromatic heterocycles. The normalized spacial score (nSPS) is 19.6. The van der Waals surface area contributed by atoms with Crippen molar-refractivity contribution < 1.29 is 9.72 Å². The second-order valence-electron chi connectivity index (χ2n) is 7.22. The number of hydrogen-bond acceptors (Lipinski definition) is 3. The SMILES string of the molecule is O=C(c1ccc(Cl)c([N+](=O)[O-])c1)N(C1CCCCC1)C1CCCCC1. The monoisotopic (exact) mass is 364 g/mol. The molecule has 5 nitrogen and oxygen atoms in total. The van der Waals surface area contributed by atoms with Crippen molar-refractivity contribution in [2.75, 3.05) is 0 Å². The van der Waals surface area contributed by atoms with E-state index in [0.29, 0.717) is 5.56 Å². The first kappa shape index (κ1) is 18.2. The van der Waals surface area contributed by atoms with Crippen LogP contribution in [0, 0.1) is 10.1 Å². The highest BCUT2D eigenvalue weighted by Gasteiger charge is 2.33. The van der Waals surface area contributed by atoms with Gasteiger partial charge in [0.05, 0.1) is 4.92 Å². The highest BCUT2D eigenvalue weighted by molar-refractivity contribution is 6.32. The molecule has 2 aliphatic carbocycles. The minimum absolute atomic E-state index is 0.0708. The smallest absolute Gasteiger partial charge is 0.288 e. The minimum Gasteiger partial charge on any atom is -0.333 e. The number of amides is 1. The molecule has 0 saturated heterocycles. The number of rotatable bonds is 4. The molecule has 3 rings (SSSR count). The third kappa shape index (κ3) is 4.14. The average molecular weight is 365 g/mol. The Balaban J connectivity index is 1.90. The number of nitrogens with zero attached hydrogens (tertiary/aromatic N) is 2. The van der Waals surface area contributed by atoms with Crippen molar-refractivity contribution >= 4 is 23.2 Å². The lowest BCUT2D eigenvalue weighted by Crippen LogP contribution is -2.48. The first-order chi connectivity index (χ1) is 12.1. The molecule has 136 valence electrons. The van der Waals surface area contributed by atoms with Gasteiger partial charge < -0.3 is 4.90 Å². The summed E-state index contributed by atoms with van der Waals surface area (Å²) in [6, 6.07) is 4.95. The molecule has 6 heteroatoms. The fourth-order valence-corrected chi connectivity index (χ4v) is 4.47. The van der Waals surface area contributed by atoms with E-state index in [1.807, 2.05) is 0 Å². The van der Waals surface area contributed by atoms with Gasteiger partial charge in [-0.3, -0.25) is 14.9 Å². The Labute approximate surface area is 153 Å². The Morgan fingerprint density at radius 2 is 1.52 bits per heavy atom. The quantitative estimate of drug-likeness (QED) is 0.534. The molecule has 1 aromatic rings. The van der Waals surface area contributed by atoms with Crippen LogP contribution < -0.4 is 0 Å². The van der Waals surface area contributed by atoms with Crippen LogP contribution in [0.2, 0.25) is 5.02 Å². The number of benzene rings is 1. The highest BCUT2D eigenvalue weighted by atomic mass is 35.5. The maximum Gasteiger partial charge on any atom is 0.288 e. The average Bonchev–Trinajstić information content (AvgIpc) is 2.64. The van der Waals surface area contributed by atoms with Crippen LogP contribution in [-0.4, -0.2) is 27.8 Å². The van der Waals surface area contributed by atoms with Crippen LogP contribution in [0.25, 0.3) is 0 Å². The van der Waals surface area contributed by atoms with Gasteiger partial charge in [0.2, 0.25) is 0 Å². The molecule has 0 spiro atoms. The second kappa shape index (κ2) is 8.17. The molecule has 0 radical (unpaired) electrons. The van der Waals surface area contributed by atoms with Crippen LogP contribution in [0.4, 0.5) is 5.69 Å². The van der Waals surface area contributed by atoms with Gasteiger partial charge in [0.25, 0.3) is 11.6 Å². The van der Waals surface area contributed by atoms with Crippen molar-refractivity contribution in [3.8, 4) is 0 Å². The Hall–Kier alpha value is -1.62. The van der Waals surface area contributed by atoms with Gasteiger partial charge in [-0.2, -0.15) is 0 Å². The van der Waals surface area contributed by atoms with Gasteiger partial charge in [0, 0.05) is 23.7 Å². The minimum atomic E-state index is -0.523. The number of hydrogen-bond donors (Lipinski definition) is 0. The first-order valence-electron chi connectivity index (χ1n) is 9.34. The van der Waals surface area contributed by atoms with Crippen molar-refractivity contribution in [2.24, 2.45) is 0 Å². The summed E-state index contributed by atoms with van der Waals surface area (Å²) >= 11 is 5.91. The molecule has 2 fully saturated rings. The maximum absolute atomic E-state index is 13.3. The van der Waals surface area contributed by atoms with Crippen LogP contribution >= 0.6 is 11.6 Å². The summed E-state index contributed by atoms with van der Waals surface area (Å²) in [6.07, 6.45) is 11.2. The van der Waals surface area contributed by atoms with E-state index in [0.717, 1.165) is 51.4 Å². The standard InChI is InChI=1S/C19H25ClN2O3/c20-17-12-11-14(13-18(17)22(24)25)19(23)21(15-7-3-1-4-8-15)16-9-5-2-6-10-16/h11-13,15-16H,1-10H2. The van der Waals surface area contributed by atoms with Gasteiger partial charge in [-0.1, -0.05) is 50.1 Å². The van der Waals surface area contributed by atoms with Gasteiger partial charge in [0.15, 0.2) is 0 Å². The van der Waals surface area contributed by atoms with Crippen LogP contribution in [-0.2, 0) is 0 Å². The molecule has 1 amide bonds. The molecule has 25 heavy (non-hydrogen) atoms. The van der Waals surface area contributed by atoms with Gasteiger partial charge in [0.1, 0.15) is 5.02 Å². The Kier molecular flexibility index (Phi) is 5.94. The van der Waals surface area contributed by atoms with E-state index < -0.39 is 4.92 Å². The Morgan fingerprint density at radius 3 is 2.00 bits per heavy atom. The predicted octanol–water partition coefficient (Wildman–Crippen LogP) is 5.36. The lowest BCUT2D eigenvalue weighted by atomic mass is 9.88. The highest BCUT2D eigenvalue weighted by Crippen LogP contribution is 2.33. The predicted molar refractivity (Wildman–Crippen MR) is 98.0 cm³/mol. The van der Waals surface area contributed by atoms with E-state index in [1.165, 1.54) is 25.0 Å². The molecule has 0 aliphatic heterocycles. The first-order valence-corrected chi connectivity index (χ1v) is 9.72. The number of halogens is 1. The summed E-state index contributed by atoms with van der Waals surface area (Å²) in [7, 11) is 0. The molecule has 0 unspecified atom stereocenters. The summed E-state index contributed by atoms with van der Waals surface area (Å²) in [5.74, 6) is -0.0708. The van der Waals surface area contributed by atoms with Crippen LogP contribution in [0.1, 0.15) is 74.6 Å². The number of nitro benzene ring substituents is 1. The zero-order valence-electron chi connectivity index (χ0n) is 14.5. The van der Waals surface area contributed by atoms with Crippen LogP contribution in [0.15, 0.2) is 18.2 Å². The largest absolute Gasteiger partial charge is 0.333 e. The van der Waals surface area contributed by atoms with Crippen molar-refractivity contribution in [2.45, 2.75) is 76.3 Å². The zero-order chi connectivity index (χ0) is 17.8. The zero-order valence-corrected chi connectivity index (χ0v) is 15.2. The van der Waals surface area contributed by atoms with Gasteiger partial charge in [-0.25, -0.2) is 0 Å². The third-order valence-electron chi connectivity index (χ3n) is 5.56. The van der Waals surface area contributed by atoms with Crippen molar-refractivity contribution in [1.82, 2.24) is 4.90 Å². The summed E-state index contributed by atoms with van der Waals surface area (Å²) in [5, 5.41) is 11.2. The van der Waals surface area contributed by atoms with Crippen molar-refractivity contribution in [3.63, 3.8) is 0 Å². The lowest BCUT2D eigenvalue weighted by Gasteiger charge is -2.41. The number of carbonyl (C=O) groups excluding carboxylic acids is 1. The van der Waals surface area contributed by atoms with Crippen molar-refractivity contribution in [1.29, 1.82) is 0 Å². The molecule has 0 N–H and O–H groups in total. The summed E-state index contributed by atoms with van der Waals surface area (Å²) in [6.45, 7) is 0. The topological polar surface area (TPSA) is 63.4 Å². The second-order valence-corrected chi connectivity index (χ2v) is 7.63. The van der Waals surface area contributed by atoms with E-state index in [9.17, 15) is 14.9 Å². The van der Waals surface area contributed by atoms with Crippen molar-refractivity contribution in [3.05, 3.63) is 38.9 Å². The molecule has 0 bridgehead atoms. The van der Waals surface area contributed by atoms with E-state index in [4.69, 9.17) is 11.6 Å². The van der Waals surface area contributed by atoms with Crippen LogP contribution in [0.5, 0.6) is 0 Å².